The number of nitrogens with zero attached hydrogens (tertiary/aromatic N) is 1. The average Bonchev–Trinajstić information content (AvgIpc) is 3.16. The number of likely N-dealkylation sites (tertiary alicyclic amines) is 1. The predicted octanol–water partition coefficient (Wildman–Crippen LogP) is 2.86. The third kappa shape index (κ3) is 4.11. The van der Waals surface area contributed by atoms with E-state index in [9.17, 15) is 9.59 Å². The Morgan fingerprint density at radius 3 is 2.50 bits per heavy atom. The maximum Gasteiger partial charge on any atom is 0.318 e. The monoisotopic (exact) mass is 379 g/mol. The lowest BCUT2D eigenvalue weighted by Crippen LogP contribution is -2.47. The van der Waals surface area contributed by atoms with Crippen molar-refractivity contribution < 1.29 is 14.3 Å². The van der Waals surface area contributed by atoms with Crippen LogP contribution >= 0.6 is 0 Å². The second-order valence-corrected chi connectivity index (χ2v) is 7.32. The SMILES string of the molecule is O=C(NCc1ccccc1)C1CCN(C(=O)NC2COc3ccccc32)CC1. The number of fused-ring (bicyclic) bond motifs is 1. The van der Waals surface area contributed by atoms with E-state index in [1.807, 2.05) is 54.6 Å². The van der Waals surface area contributed by atoms with E-state index in [1.54, 1.807) is 4.90 Å². The van der Waals surface area contributed by atoms with E-state index in [4.69, 9.17) is 4.74 Å². The van der Waals surface area contributed by atoms with Gasteiger partial charge in [-0.3, -0.25) is 4.79 Å². The highest BCUT2D eigenvalue weighted by molar-refractivity contribution is 5.79. The van der Waals surface area contributed by atoms with Gasteiger partial charge in [-0.1, -0.05) is 48.5 Å². The summed E-state index contributed by atoms with van der Waals surface area (Å²) >= 11 is 0. The summed E-state index contributed by atoms with van der Waals surface area (Å²) in [4.78, 5) is 26.8. The molecule has 28 heavy (non-hydrogen) atoms. The minimum atomic E-state index is -0.115. The Bertz CT molecular complexity index is 832. The molecule has 4 rings (SSSR count). The lowest BCUT2D eigenvalue weighted by atomic mass is 9.96. The molecular weight excluding hydrogens is 354 g/mol. The first-order valence-electron chi connectivity index (χ1n) is 9.79. The van der Waals surface area contributed by atoms with Crippen molar-refractivity contribution in [1.82, 2.24) is 15.5 Å². The van der Waals surface area contributed by atoms with Crippen LogP contribution in [-0.4, -0.2) is 36.5 Å². The number of carbonyl (C=O) groups excluding carboxylic acids is 2. The Kier molecular flexibility index (Phi) is 5.46. The van der Waals surface area contributed by atoms with Gasteiger partial charge in [0.25, 0.3) is 0 Å². The fourth-order valence-corrected chi connectivity index (χ4v) is 3.80. The van der Waals surface area contributed by atoms with Gasteiger partial charge in [0.2, 0.25) is 5.91 Å². The summed E-state index contributed by atoms with van der Waals surface area (Å²) in [6.07, 6.45) is 1.37. The number of para-hydroxylation sites is 1. The second kappa shape index (κ2) is 8.33. The van der Waals surface area contributed by atoms with Gasteiger partial charge < -0.3 is 20.3 Å². The molecular formula is C22H25N3O3. The van der Waals surface area contributed by atoms with Gasteiger partial charge in [-0.2, -0.15) is 0 Å². The lowest BCUT2D eigenvalue weighted by molar-refractivity contribution is -0.126. The Morgan fingerprint density at radius 2 is 1.71 bits per heavy atom. The average molecular weight is 379 g/mol. The topological polar surface area (TPSA) is 70.7 Å². The van der Waals surface area contributed by atoms with Gasteiger partial charge in [0.1, 0.15) is 12.4 Å². The highest BCUT2D eigenvalue weighted by Gasteiger charge is 2.30. The first-order chi connectivity index (χ1) is 13.7. The Labute approximate surface area is 164 Å². The molecule has 0 aliphatic carbocycles. The summed E-state index contributed by atoms with van der Waals surface area (Å²) in [5.74, 6) is 0.868. The maximum absolute atomic E-state index is 12.6. The van der Waals surface area contributed by atoms with Crippen molar-refractivity contribution in [3.63, 3.8) is 0 Å². The van der Waals surface area contributed by atoms with Crippen LogP contribution in [0.25, 0.3) is 0 Å². The number of amides is 3. The molecule has 2 aromatic carbocycles. The molecule has 1 fully saturated rings. The summed E-state index contributed by atoms with van der Waals surface area (Å²) in [5.41, 5.74) is 2.11. The van der Waals surface area contributed by atoms with Crippen LogP contribution in [0.4, 0.5) is 4.79 Å². The molecule has 6 nitrogen and oxygen atoms in total. The van der Waals surface area contributed by atoms with Crippen molar-refractivity contribution in [3.8, 4) is 5.75 Å². The van der Waals surface area contributed by atoms with Crippen LogP contribution in [0.5, 0.6) is 5.75 Å². The summed E-state index contributed by atoms with van der Waals surface area (Å²) in [6, 6.07) is 17.5. The van der Waals surface area contributed by atoms with Crippen molar-refractivity contribution in [1.29, 1.82) is 0 Å². The zero-order valence-electron chi connectivity index (χ0n) is 15.8. The molecule has 2 aliphatic rings. The standard InChI is InChI=1S/C22H25N3O3/c26-21(23-14-16-6-2-1-3-7-16)17-10-12-25(13-11-17)22(27)24-19-15-28-20-9-5-4-8-18(19)20/h1-9,17,19H,10-15H2,(H,23,26)(H,24,27). The molecule has 0 aromatic heterocycles. The third-order valence-electron chi connectivity index (χ3n) is 5.46. The molecule has 0 bridgehead atoms. The zero-order chi connectivity index (χ0) is 19.3. The van der Waals surface area contributed by atoms with E-state index in [-0.39, 0.29) is 23.9 Å². The molecule has 6 heteroatoms. The normalized spacial score (nSPS) is 18.9. The zero-order valence-corrected chi connectivity index (χ0v) is 15.8. The van der Waals surface area contributed by atoms with Gasteiger partial charge in [0.15, 0.2) is 0 Å². The molecule has 0 saturated carbocycles. The van der Waals surface area contributed by atoms with Crippen molar-refractivity contribution >= 4 is 11.9 Å². The van der Waals surface area contributed by atoms with E-state index in [2.05, 4.69) is 10.6 Å². The van der Waals surface area contributed by atoms with Crippen LogP contribution in [0.15, 0.2) is 54.6 Å². The number of benzene rings is 2. The van der Waals surface area contributed by atoms with E-state index < -0.39 is 0 Å². The minimum absolute atomic E-state index is 0.0386. The number of urea groups is 1. The van der Waals surface area contributed by atoms with Crippen LogP contribution in [-0.2, 0) is 11.3 Å². The summed E-state index contributed by atoms with van der Waals surface area (Å²) in [6.45, 7) is 2.18. The number of nitrogens with one attached hydrogen (secondary N) is 2. The van der Waals surface area contributed by atoms with Crippen molar-refractivity contribution in [2.75, 3.05) is 19.7 Å². The number of carbonyl (C=O) groups is 2. The van der Waals surface area contributed by atoms with Crippen molar-refractivity contribution in [3.05, 3.63) is 65.7 Å². The highest BCUT2D eigenvalue weighted by atomic mass is 16.5. The van der Waals surface area contributed by atoms with Crippen LogP contribution in [0.2, 0.25) is 0 Å². The predicted molar refractivity (Wildman–Crippen MR) is 106 cm³/mol. The first kappa shape index (κ1) is 18.3. The van der Waals surface area contributed by atoms with Gasteiger partial charge in [0.05, 0.1) is 6.04 Å². The molecule has 146 valence electrons. The Morgan fingerprint density at radius 1 is 1.00 bits per heavy atom. The van der Waals surface area contributed by atoms with Gasteiger partial charge in [0, 0.05) is 31.1 Å². The fraction of sp³-hybridized carbons (Fsp3) is 0.364. The van der Waals surface area contributed by atoms with E-state index in [1.165, 1.54) is 0 Å². The number of hydrogen-bond donors (Lipinski definition) is 2. The van der Waals surface area contributed by atoms with Crippen LogP contribution in [0.1, 0.15) is 30.0 Å². The largest absolute Gasteiger partial charge is 0.491 e. The molecule has 0 spiro atoms. The number of hydrogen-bond acceptors (Lipinski definition) is 3. The van der Waals surface area contributed by atoms with Crippen LogP contribution in [0.3, 0.4) is 0 Å². The van der Waals surface area contributed by atoms with Crippen LogP contribution in [0, 0.1) is 5.92 Å². The molecule has 1 atom stereocenters. The van der Waals surface area contributed by atoms with Gasteiger partial charge in [-0.05, 0) is 24.5 Å². The van der Waals surface area contributed by atoms with E-state index in [0.29, 0.717) is 39.1 Å². The number of rotatable bonds is 4. The molecule has 2 aliphatic heterocycles. The fourth-order valence-electron chi connectivity index (χ4n) is 3.80. The van der Waals surface area contributed by atoms with E-state index >= 15 is 0 Å². The molecule has 3 amide bonds. The van der Waals surface area contributed by atoms with Crippen LogP contribution < -0.4 is 15.4 Å². The Balaban J connectivity index is 1.24. The first-order valence-corrected chi connectivity index (χ1v) is 9.79. The quantitative estimate of drug-likeness (QED) is 0.858. The number of ether oxygens (including phenoxy) is 1. The molecule has 0 radical (unpaired) electrons. The summed E-state index contributed by atoms with van der Waals surface area (Å²) in [7, 11) is 0. The minimum Gasteiger partial charge on any atom is -0.491 e. The molecule has 2 heterocycles. The second-order valence-electron chi connectivity index (χ2n) is 7.32. The summed E-state index contributed by atoms with van der Waals surface area (Å²) in [5, 5.41) is 6.06. The smallest absolute Gasteiger partial charge is 0.318 e. The highest BCUT2D eigenvalue weighted by Crippen LogP contribution is 2.31. The van der Waals surface area contributed by atoms with Gasteiger partial charge >= 0.3 is 6.03 Å². The summed E-state index contributed by atoms with van der Waals surface area (Å²) < 4.78 is 5.63. The van der Waals surface area contributed by atoms with Gasteiger partial charge in [-0.15, -0.1) is 0 Å². The molecule has 2 aromatic rings. The Hall–Kier alpha value is -3.02. The number of piperidine rings is 1. The van der Waals surface area contributed by atoms with Gasteiger partial charge in [-0.25, -0.2) is 4.79 Å². The van der Waals surface area contributed by atoms with E-state index in [0.717, 1.165) is 16.9 Å². The molecule has 1 saturated heterocycles. The van der Waals surface area contributed by atoms with Crippen molar-refractivity contribution in [2.24, 2.45) is 5.92 Å². The maximum atomic E-state index is 12.6. The molecule has 2 N–H and O–H groups in total. The third-order valence-corrected chi connectivity index (χ3v) is 5.46. The van der Waals surface area contributed by atoms with Crippen molar-refractivity contribution in [2.45, 2.75) is 25.4 Å². The lowest BCUT2D eigenvalue weighted by Gasteiger charge is -2.32. The molecule has 1 unspecified atom stereocenters.